The van der Waals surface area contributed by atoms with E-state index in [0.717, 1.165) is 30.6 Å². The Balaban J connectivity index is 2.14. The Labute approximate surface area is 113 Å². The molecule has 1 N–H and O–H groups in total. The first-order valence-corrected chi connectivity index (χ1v) is 6.94. The quantitative estimate of drug-likeness (QED) is 0.843. The summed E-state index contributed by atoms with van der Waals surface area (Å²) in [6.07, 6.45) is 3.52. The molecule has 0 radical (unpaired) electrons. The molecule has 19 heavy (non-hydrogen) atoms. The summed E-state index contributed by atoms with van der Waals surface area (Å²) >= 11 is 0. The van der Waals surface area contributed by atoms with Crippen LogP contribution < -0.4 is 4.74 Å². The van der Waals surface area contributed by atoms with Crippen LogP contribution >= 0.6 is 0 Å². The highest BCUT2D eigenvalue weighted by molar-refractivity contribution is 5.90. The van der Waals surface area contributed by atoms with Crippen LogP contribution in [0.1, 0.15) is 43.7 Å². The zero-order valence-corrected chi connectivity index (χ0v) is 11.5. The Bertz CT molecular complexity index is 537. The van der Waals surface area contributed by atoms with Crippen molar-refractivity contribution in [1.82, 2.24) is 0 Å². The highest BCUT2D eigenvalue weighted by Crippen LogP contribution is 2.51. The molecule has 0 aromatic heterocycles. The molecule has 0 aliphatic heterocycles. The second-order valence-electron chi connectivity index (χ2n) is 5.99. The molecule has 102 valence electrons. The zero-order valence-electron chi connectivity index (χ0n) is 11.5. The van der Waals surface area contributed by atoms with Gasteiger partial charge in [-0.25, -0.2) is 0 Å². The van der Waals surface area contributed by atoms with Crippen molar-refractivity contribution in [2.45, 2.75) is 50.0 Å². The summed E-state index contributed by atoms with van der Waals surface area (Å²) in [6.45, 7) is 2.04. The Morgan fingerprint density at radius 3 is 2.79 bits per heavy atom. The van der Waals surface area contributed by atoms with Crippen molar-refractivity contribution in [2.24, 2.45) is 0 Å². The molecule has 2 aliphatic rings. The highest BCUT2D eigenvalue weighted by atomic mass is 16.5. The number of carbonyl (C=O) groups excluding carboxylic acids is 1. The van der Waals surface area contributed by atoms with Crippen molar-refractivity contribution in [2.75, 3.05) is 7.11 Å². The van der Waals surface area contributed by atoms with E-state index in [1.165, 1.54) is 5.56 Å². The molecule has 1 aromatic rings. The lowest BCUT2D eigenvalue weighted by atomic mass is 9.55. The maximum Gasteiger partial charge on any atom is 0.165 e. The summed E-state index contributed by atoms with van der Waals surface area (Å²) in [5, 5.41) is 10.9. The Morgan fingerprint density at radius 2 is 2.05 bits per heavy atom. The topological polar surface area (TPSA) is 46.5 Å². The zero-order chi connectivity index (χ0) is 13.7. The molecule has 1 aromatic carbocycles. The first kappa shape index (κ1) is 12.7. The van der Waals surface area contributed by atoms with Crippen LogP contribution in [0.5, 0.6) is 5.75 Å². The highest BCUT2D eigenvalue weighted by Gasteiger charge is 2.56. The molecule has 2 atom stereocenters. The number of fused-ring (bicyclic) bond motifs is 3. The van der Waals surface area contributed by atoms with E-state index >= 15 is 0 Å². The van der Waals surface area contributed by atoms with Crippen LogP contribution in [0.15, 0.2) is 18.2 Å². The van der Waals surface area contributed by atoms with Crippen molar-refractivity contribution < 1.29 is 14.6 Å². The van der Waals surface area contributed by atoms with Gasteiger partial charge in [0.2, 0.25) is 0 Å². The van der Waals surface area contributed by atoms with E-state index in [1.807, 2.05) is 25.1 Å². The molecule has 0 heterocycles. The molecule has 3 nitrogen and oxygen atoms in total. The van der Waals surface area contributed by atoms with Gasteiger partial charge in [-0.3, -0.25) is 4.79 Å². The minimum atomic E-state index is -1.17. The third kappa shape index (κ3) is 1.57. The molecule has 2 aliphatic carbocycles. The molecular weight excluding hydrogens is 240 g/mol. The third-order valence-corrected chi connectivity index (χ3v) is 5.12. The maximum atomic E-state index is 12.2. The second kappa shape index (κ2) is 4.07. The fourth-order valence-corrected chi connectivity index (χ4v) is 3.85. The van der Waals surface area contributed by atoms with Crippen LogP contribution in [0.4, 0.5) is 0 Å². The molecule has 3 rings (SSSR count). The van der Waals surface area contributed by atoms with Crippen molar-refractivity contribution in [3.63, 3.8) is 0 Å². The van der Waals surface area contributed by atoms with Crippen LogP contribution in [0.25, 0.3) is 0 Å². The van der Waals surface area contributed by atoms with Gasteiger partial charge in [0.25, 0.3) is 0 Å². The number of benzene rings is 1. The summed E-state index contributed by atoms with van der Waals surface area (Å²) < 4.78 is 5.27. The largest absolute Gasteiger partial charge is 0.497 e. The fraction of sp³-hybridized carbons (Fsp3) is 0.562. The van der Waals surface area contributed by atoms with Gasteiger partial charge in [-0.1, -0.05) is 13.0 Å². The Morgan fingerprint density at radius 1 is 1.26 bits per heavy atom. The van der Waals surface area contributed by atoms with Crippen LogP contribution in [0.2, 0.25) is 0 Å². The number of Topliss-reactive ketones (excluding diaryl/α,β-unsaturated/α-hetero) is 1. The molecular formula is C16H20O3. The maximum absolute atomic E-state index is 12.2. The minimum Gasteiger partial charge on any atom is -0.497 e. The summed E-state index contributed by atoms with van der Waals surface area (Å²) in [6, 6.07) is 5.99. The molecule has 0 saturated heterocycles. The van der Waals surface area contributed by atoms with Gasteiger partial charge < -0.3 is 9.84 Å². The summed E-state index contributed by atoms with van der Waals surface area (Å²) in [4.78, 5) is 12.2. The predicted octanol–water partition coefficient (Wildman–Crippen LogP) is 2.38. The molecule has 0 bridgehead atoms. The standard InChI is InChI=1S/C16H20O3/c1-15-8-3-4-14(17)16(15,18)9-7-11-10-12(19-2)5-6-13(11)15/h5-6,10,18H,3-4,7-9H2,1-2H3/t15-,16+/m1/s1. The molecule has 1 fully saturated rings. The van der Waals surface area contributed by atoms with Gasteiger partial charge in [-0.2, -0.15) is 0 Å². The number of ketones is 1. The van der Waals surface area contributed by atoms with Gasteiger partial charge in [-0.05, 0) is 48.9 Å². The van der Waals surface area contributed by atoms with Gasteiger partial charge in [0.15, 0.2) is 5.78 Å². The summed E-state index contributed by atoms with van der Waals surface area (Å²) in [5.41, 5.74) is 0.714. The summed E-state index contributed by atoms with van der Waals surface area (Å²) in [5.74, 6) is 0.859. The number of ether oxygens (including phenoxy) is 1. The lowest BCUT2D eigenvalue weighted by molar-refractivity contribution is -0.153. The lowest BCUT2D eigenvalue weighted by Crippen LogP contribution is -2.60. The second-order valence-corrected chi connectivity index (χ2v) is 5.99. The van der Waals surface area contributed by atoms with E-state index in [1.54, 1.807) is 7.11 Å². The number of aryl methyl sites for hydroxylation is 1. The molecule has 3 heteroatoms. The van der Waals surface area contributed by atoms with Crippen LogP contribution in [-0.2, 0) is 16.6 Å². The monoisotopic (exact) mass is 260 g/mol. The smallest absolute Gasteiger partial charge is 0.165 e. The minimum absolute atomic E-state index is 0.0164. The van der Waals surface area contributed by atoms with E-state index in [4.69, 9.17) is 4.74 Å². The van der Waals surface area contributed by atoms with Gasteiger partial charge in [0, 0.05) is 11.8 Å². The summed E-state index contributed by atoms with van der Waals surface area (Å²) in [7, 11) is 1.66. The Hall–Kier alpha value is -1.35. The van der Waals surface area contributed by atoms with Crippen LogP contribution in [0.3, 0.4) is 0 Å². The number of carbonyl (C=O) groups is 1. The van der Waals surface area contributed by atoms with E-state index in [-0.39, 0.29) is 5.78 Å². The lowest BCUT2D eigenvalue weighted by Gasteiger charge is -2.51. The van der Waals surface area contributed by atoms with Crippen LogP contribution in [0, 0.1) is 0 Å². The average Bonchev–Trinajstić information content (AvgIpc) is 2.41. The first-order valence-electron chi connectivity index (χ1n) is 6.94. The molecule has 0 unspecified atom stereocenters. The third-order valence-electron chi connectivity index (χ3n) is 5.12. The number of rotatable bonds is 1. The fourth-order valence-electron chi connectivity index (χ4n) is 3.85. The SMILES string of the molecule is COc1ccc2c(c1)CC[C@]1(O)C(=O)CCC[C@]21C. The van der Waals surface area contributed by atoms with E-state index in [9.17, 15) is 9.90 Å². The number of hydrogen-bond donors (Lipinski definition) is 1. The predicted molar refractivity (Wildman–Crippen MR) is 72.5 cm³/mol. The number of methoxy groups -OCH3 is 1. The van der Waals surface area contributed by atoms with E-state index in [0.29, 0.717) is 12.8 Å². The van der Waals surface area contributed by atoms with E-state index < -0.39 is 11.0 Å². The van der Waals surface area contributed by atoms with Crippen molar-refractivity contribution in [3.8, 4) is 5.75 Å². The van der Waals surface area contributed by atoms with Gasteiger partial charge in [0.05, 0.1) is 7.11 Å². The number of aliphatic hydroxyl groups is 1. The van der Waals surface area contributed by atoms with Gasteiger partial charge >= 0.3 is 0 Å². The van der Waals surface area contributed by atoms with Crippen molar-refractivity contribution in [3.05, 3.63) is 29.3 Å². The normalized spacial score (nSPS) is 33.5. The first-order chi connectivity index (χ1) is 9.01. The van der Waals surface area contributed by atoms with Crippen molar-refractivity contribution in [1.29, 1.82) is 0 Å². The van der Waals surface area contributed by atoms with E-state index in [2.05, 4.69) is 0 Å². The van der Waals surface area contributed by atoms with Crippen LogP contribution in [-0.4, -0.2) is 23.6 Å². The van der Waals surface area contributed by atoms with Gasteiger partial charge in [-0.15, -0.1) is 0 Å². The van der Waals surface area contributed by atoms with Gasteiger partial charge in [0.1, 0.15) is 11.4 Å². The number of hydrogen-bond acceptors (Lipinski definition) is 3. The average molecular weight is 260 g/mol. The van der Waals surface area contributed by atoms with Crippen molar-refractivity contribution >= 4 is 5.78 Å². The Kier molecular flexibility index (Phi) is 2.72. The molecule has 0 spiro atoms. The molecule has 1 saturated carbocycles. The molecule has 0 amide bonds.